The van der Waals surface area contributed by atoms with Crippen LogP contribution in [0.5, 0.6) is 0 Å². The third-order valence-electron chi connectivity index (χ3n) is 2.59. The highest BCUT2D eigenvalue weighted by Crippen LogP contribution is 2.25. The maximum Gasteiger partial charge on any atom is 0.0748 e. The van der Waals surface area contributed by atoms with Crippen LogP contribution >= 0.6 is 15.9 Å². The summed E-state index contributed by atoms with van der Waals surface area (Å²) >= 11 is 3.52. The molecule has 0 unspecified atom stereocenters. The first-order valence-electron chi connectivity index (χ1n) is 4.90. The van der Waals surface area contributed by atoms with Crippen molar-refractivity contribution in [1.29, 1.82) is 0 Å². The fraction of sp³-hybridized carbons (Fsp3) is 0.455. The minimum absolute atomic E-state index is 0.308. The topological polar surface area (TPSA) is 21.3 Å². The summed E-state index contributed by atoms with van der Waals surface area (Å²) in [6.07, 6.45) is 1.39. The van der Waals surface area contributed by atoms with Gasteiger partial charge in [-0.05, 0) is 41.4 Å². The molecule has 2 atom stereocenters. The third kappa shape index (κ3) is 2.10. The molecule has 1 aromatic rings. The van der Waals surface area contributed by atoms with Gasteiger partial charge in [-0.15, -0.1) is 0 Å². The van der Waals surface area contributed by atoms with Gasteiger partial charge in [-0.2, -0.15) is 0 Å². The number of anilines is 1. The molecule has 1 aliphatic heterocycles. The van der Waals surface area contributed by atoms with Crippen LogP contribution in [0.25, 0.3) is 0 Å². The Morgan fingerprint density at radius 1 is 1.43 bits per heavy atom. The summed E-state index contributed by atoms with van der Waals surface area (Å²) in [5.74, 6) is 0. The minimum Gasteiger partial charge on any atom is -0.379 e. The van der Waals surface area contributed by atoms with Crippen LogP contribution < -0.4 is 5.32 Å². The molecule has 2 nitrogen and oxygen atoms in total. The van der Waals surface area contributed by atoms with Crippen molar-refractivity contribution < 1.29 is 4.74 Å². The van der Waals surface area contributed by atoms with Crippen molar-refractivity contribution in [3.63, 3.8) is 0 Å². The average Bonchev–Trinajstić information content (AvgIpc) is 2.56. The fourth-order valence-corrected chi connectivity index (χ4v) is 2.10. The molecule has 3 heteroatoms. The molecule has 14 heavy (non-hydrogen) atoms. The zero-order valence-corrected chi connectivity index (χ0v) is 9.75. The fourth-order valence-electron chi connectivity index (χ4n) is 1.70. The molecule has 1 heterocycles. The number of halogens is 1. The number of hydrogen-bond acceptors (Lipinski definition) is 2. The molecule has 0 aromatic heterocycles. The number of para-hydroxylation sites is 1. The van der Waals surface area contributed by atoms with Gasteiger partial charge in [0.15, 0.2) is 0 Å². The molecule has 0 aliphatic carbocycles. The number of hydrogen-bond donors (Lipinski definition) is 1. The van der Waals surface area contributed by atoms with Crippen molar-refractivity contribution >= 4 is 21.6 Å². The Morgan fingerprint density at radius 2 is 2.21 bits per heavy atom. The molecule has 1 aromatic carbocycles. The maximum atomic E-state index is 5.50. The van der Waals surface area contributed by atoms with Gasteiger partial charge in [0, 0.05) is 16.8 Å². The summed E-state index contributed by atoms with van der Waals surface area (Å²) in [6.45, 7) is 2.98. The number of nitrogens with one attached hydrogen (secondary N) is 1. The lowest BCUT2D eigenvalue weighted by atomic mass is 10.1. The number of ether oxygens (including phenoxy) is 1. The molecule has 1 N–H and O–H groups in total. The molecular weight excluding hydrogens is 242 g/mol. The van der Waals surface area contributed by atoms with Gasteiger partial charge >= 0.3 is 0 Å². The maximum absolute atomic E-state index is 5.50. The van der Waals surface area contributed by atoms with E-state index < -0.39 is 0 Å². The Hall–Kier alpha value is -0.540. The Kier molecular flexibility index (Phi) is 3.08. The Morgan fingerprint density at radius 3 is 2.86 bits per heavy atom. The molecule has 1 aliphatic rings. The first-order valence-corrected chi connectivity index (χ1v) is 5.69. The molecule has 0 radical (unpaired) electrons. The molecule has 0 amide bonds. The van der Waals surface area contributed by atoms with Crippen molar-refractivity contribution in [3.8, 4) is 0 Å². The van der Waals surface area contributed by atoms with Crippen LogP contribution in [0.1, 0.15) is 13.3 Å². The molecule has 0 spiro atoms. The van der Waals surface area contributed by atoms with Gasteiger partial charge in [-0.25, -0.2) is 0 Å². The normalized spacial score (nSPS) is 26.4. The Bertz CT molecular complexity index is 316. The van der Waals surface area contributed by atoms with Gasteiger partial charge in [0.25, 0.3) is 0 Å². The summed E-state index contributed by atoms with van der Waals surface area (Å²) in [6, 6.07) is 8.61. The second-order valence-corrected chi connectivity index (χ2v) is 4.45. The average molecular weight is 256 g/mol. The predicted molar refractivity (Wildman–Crippen MR) is 61.6 cm³/mol. The third-order valence-corrected chi connectivity index (χ3v) is 3.28. The Balaban J connectivity index is 2.07. The van der Waals surface area contributed by atoms with Crippen LogP contribution in [0.3, 0.4) is 0 Å². The second kappa shape index (κ2) is 4.32. The van der Waals surface area contributed by atoms with Crippen molar-refractivity contribution in [3.05, 3.63) is 28.7 Å². The van der Waals surface area contributed by atoms with Crippen molar-refractivity contribution in [1.82, 2.24) is 0 Å². The van der Waals surface area contributed by atoms with Crippen LogP contribution in [-0.4, -0.2) is 18.8 Å². The van der Waals surface area contributed by atoms with Crippen LogP contribution in [0.4, 0.5) is 5.69 Å². The first-order chi connectivity index (χ1) is 6.77. The highest BCUT2D eigenvalue weighted by atomic mass is 79.9. The van der Waals surface area contributed by atoms with E-state index in [0.717, 1.165) is 23.2 Å². The van der Waals surface area contributed by atoms with Gasteiger partial charge in [0.1, 0.15) is 0 Å². The zero-order chi connectivity index (χ0) is 9.97. The van der Waals surface area contributed by atoms with E-state index in [1.807, 2.05) is 18.2 Å². The van der Waals surface area contributed by atoms with E-state index in [2.05, 4.69) is 34.2 Å². The van der Waals surface area contributed by atoms with Crippen molar-refractivity contribution in [2.24, 2.45) is 0 Å². The summed E-state index contributed by atoms with van der Waals surface area (Å²) in [5, 5.41) is 3.49. The molecule has 0 saturated carbocycles. The van der Waals surface area contributed by atoms with Gasteiger partial charge in [-0.1, -0.05) is 12.1 Å². The molecule has 76 valence electrons. The van der Waals surface area contributed by atoms with E-state index >= 15 is 0 Å². The van der Waals surface area contributed by atoms with Gasteiger partial charge in [-0.3, -0.25) is 0 Å². The minimum atomic E-state index is 0.308. The monoisotopic (exact) mass is 255 g/mol. The molecule has 1 fully saturated rings. The SMILES string of the molecule is C[C@H]1OCC[C@@H]1Nc1ccccc1Br. The molecule has 1 saturated heterocycles. The van der Waals surface area contributed by atoms with E-state index in [-0.39, 0.29) is 0 Å². The van der Waals surface area contributed by atoms with Gasteiger partial charge in [0.05, 0.1) is 12.1 Å². The Labute approximate surface area is 92.8 Å². The lowest BCUT2D eigenvalue weighted by molar-refractivity contribution is 0.121. The number of rotatable bonds is 2. The highest BCUT2D eigenvalue weighted by molar-refractivity contribution is 9.10. The summed E-state index contributed by atoms with van der Waals surface area (Å²) in [7, 11) is 0. The van der Waals surface area contributed by atoms with E-state index in [0.29, 0.717) is 12.1 Å². The first kappa shape index (κ1) is 9.99. The van der Waals surface area contributed by atoms with E-state index in [1.165, 1.54) is 0 Å². The summed E-state index contributed by atoms with van der Waals surface area (Å²) in [4.78, 5) is 0. The van der Waals surface area contributed by atoms with E-state index in [4.69, 9.17) is 4.74 Å². The largest absolute Gasteiger partial charge is 0.379 e. The van der Waals surface area contributed by atoms with E-state index in [9.17, 15) is 0 Å². The number of benzene rings is 1. The van der Waals surface area contributed by atoms with Crippen LogP contribution in [0.2, 0.25) is 0 Å². The highest BCUT2D eigenvalue weighted by Gasteiger charge is 2.24. The predicted octanol–water partition coefficient (Wildman–Crippen LogP) is 3.04. The standard InChI is InChI=1S/C11H14BrNO/c1-8-10(6-7-14-8)13-11-5-3-2-4-9(11)12/h2-5,8,10,13H,6-7H2,1H3/t8-,10+/m1/s1. The zero-order valence-electron chi connectivity index (χ0n) is 8.16. The van der Waals surface area contributed by atoms with Crippen molar-refractivity contribution in [2.45, 2.75) is 25.5 Å². The van der Waals surface area contributed by atoms with Crippen LogP contribution in [0, 0.1) is 0 Å². The van der Waals surface area contributed by atoms with E-state index in [1.54, 1.807) is 0 Å². The lowest BCUT2D eigenvalue weighted by Crippen LogP contribution is -2.26. The summed E-state index contributed by atoms with van der Waals surface area (Å²) in [5.41, 5.74) is 1.15. The van der Waals surface area contributed by atoms with Crippen LogP contribution in [0.15, 0.2) is 28.7 Å². The molecular formula is C11H14BrNO. The molecule has 2 rings (SSSR count). The smallest absolute Gasteiger partial charge is 0.0748 e. The second-order valence-electron chi connectivity index (χ2n) is 3.60. The summed E-state index contributed by atoms with van der Waals surface area (Å²) < 4.78 is 6.61. The van der Waals surface area contributed by atoms with Gasteiger partial charge < -0.3 is 10.1 Å². The van der Waals surface area contributed by atoms with Crippen molar-refractivity contribution in [2.75, 3.05) is 11.9 Å². The van der Waals surface area contributed by atoms with Crippen LogP contribution in [-0.2, 0) is 4.74 Å². The van der Waals surface area contributed by atoms with Gasteiger partial charge in [0.2, 0.25) is 0 Å². The molecule has 0 bridgehead atoms. The quantitative estimate of drug-likeness (QED) is 0.878. The lowest BCUT2D eigenvalue weighted by Gasteiger charge is -2.18.